The Hall–Kier alpha value is -0.360. The number of methoxy groups -OCH3 is 2. The second-order valence-corrected chi connectivity index (χ2v) is 9.28. The first-order valence-corrected chi connectivity index (χ1v) is 12.4. The second kappa shape index (κ2) is 14.3. The van der Waals surface area contributed by atoms with Crippen molar-refractivity contribution in [2.45, 2.75) is 115 Å². The number of nitrogens with zero attached hydrogens (tertiary/aromatic N) is 1. The molecule has 0 bridgehead atoms. The maximum atomic E-state index is 11.1. The number of hydrogen-bond acceptors (Lipinski definition) is 9. The van der Waals surface area contributed by atoms with Crippen LogP contribution in [0.1, 0.15) is 53.4 Å². The topological polar surface area (TPSA) is 88.1 Å². The maximum absolute atomic E-state index is 11.1. The lowest BCUT2D eigenvalue weighted by molar-refractivity contribution is -0.351. The maximum Gasteiger partial charge on any atom is 0.187 e. The van der Waals surface area contributed by atoms with E-state index in [0.717, 1.165) is 25.7 Å². The Labute approximate surface area is 199 Å². The van der Waals surface area contributed by atoms with Gasteiger partial charge in [-0.3, -0.25) is 0 Å². The fourth-order valence-corrected chi connectivity index (χ4v) is 4.64. The van der Waals surface area contributed by atoms with Gasteiger partial charge in [-0.15, -0.1) is 0 Å². The van der Waals surface area contributed by atoms with Crippen LogP contribution >= 0.6 is 0 Å². The fourth-order valence-electron chi connectivity index (χ4n) is 4.64. The number of likely N-dealkylation sites (N-methyl/N-ethyl adjacent to an activating group) is 1. The molecule has 2 aliphatic heterocycles. The van der Waals surface area contributed by atoms with Crippen LogP contribution in [0.2, 0.25) is 0 Å². The lowest BCUT2D eigenvalue weighted by Gasteiger charge is -2.50. The molecule has 0 aromatic carbocycles. The van der Waals surface area contributed by atoms with E-state index >= 15 is 0 Å². The molecule has 2 saturated heterocycles. The van der Waals surface area contributed by atoms with Crippen molar-refractivity contribution >= 4 is 0 Å². The van der Waals surface area contributed by atoms with E-state index in [9.17, 15) is 5.11 Å². The van der Waals surface area contributed by atoms with Gasteiger partial charge in [-0.1, -0.05) is 26.7 Å². The summed E-state index contributed by atoms with van der Waals surface area (Å²) in [6, 6.07) is -0.351. The van der Waals surface area contributed by atoms with Gasteiger partial charge in [0.05, 0.1) is 18.2 Å². The first-order valence-electron chi connectivity index (χ1n) is 12.4. The molecule has 0 amide bonds. The predicted octanol–water partition coefficient (Wildman–Crippen LogP) is 2.18. The number of aliphatic hydroxyl groups is 1. The van der Waals surface area contributed by atoms with Crippen LogP contribution in [0.5, 0.6) is 0 Å². The number of rotatable bonds is 13. The zero-order valence-corrected chi connectivity index (χ0v) is 21.8. The summed E-state index contributed by atoms with van der Waals surface area (Å²) in [4.78, 5) is 1.95. The molecular weight excluding hydrogens is 430 g/mol. The van der Waals surface area contributed by atoms with Crippen LogP contribution in [0.3, 0.4) is 0 Å². The summed E-state index contributed by atoms with van der Waals surface area (Å²) < 4.78 is 42.3. The standard InChI is InChI=1S/C24H47NO8/c1-9-11-13-29-21-20(27-7)16(4)32-24(22(21)28-8)33-19-15(3)31-23(30-14-12-10-2)18(26)17(19)25(5)6/h15-24,26H,9-14H2,1-8H3/t15-,16-,17-,18-,19-,20-,21+,22-,23?,24+/m1/s1. The molecular formula is C24H47NO8. The monoisotopic (exact) mass is 477 g/mol. The predicted molar refractivity (Wildman–Crippen MR) is 124 cm³/mol. The minimum absolute atomic E-state index is 0.259. The largest absolute Gasteiger partial charge is 0.386 e. The van der Waals surface area contributed by atoms with Gasteiger partial charge >= 0.3 is 0 Å². The van der Waals surface area contributed by atoms with E-state index in [1.165, 1.54) is 0 Å². The third-order valence-electron chi connectivity index (χ3n) is 6.52. The van der Waals surface area contributed by atoms with E-state index in [1.54, 1.807) is 14.2 Å². The van der Waals surface area contributed by atoms with E-state index in [-0.39, 0.29) is 30.5 Å². The second-order valence-electron chi connectivity index (χ2n) is 9.28. The average molecular weight is 478 g/mol. The number of aliphatic hydroxyl groups excluding tert-OH is 1. The van der Waals surface area contributed by atoms with Gasteiger partial charge in [0.15, 0.2) is 12.6 Å². The van der Waals surface area contributed by atoms with Gasteiger partial charge in [0.2, 0.25) is 0 Å². The van der Waals surface area contributed by atoms with Crippen LogP contribution < -0.4 is 0 Å². The van der Waals surface area contributed by atoms with Crippen molar-refractivity contribution in [2.24, 2.45) is 0 Å². The molecule has 196 valence electrons. The van der Waals surface area contributed by atoms with Crippen LogP contribution in [0, 0.1) is 0 Å². The van der Waals surface area contributed by atoms with Gasteiger partial charge in [0, 0.05) is 27.4 Å². The molecule has 0 aromatic heterocycles. The van der Waals surface area contributed by atoms with Gasteiger partial charge in [0.25, 0.3) is 0 Å². The number of ether oxygens (including phenoxy) is 7. The highest BCUT2D eigenvalue weighted by Crippen LogP contribution is 2.33. The quantitative estimate of drug-likeness (QED) is 0.401. The summed E-state index contributed by atoms with van der Waals surface area (Å²) >= 11 is 0. The molecule has 33 heavy (non-hydrogen) atoms. The molecule has 2 fully saturated rings. The summed E-state index contributed by atoms with van der Waals surface area (Å²) in [5.41, 5.74) is 0. The number of unbranched alkanes of at least 4 members (excludes halogenated alkanes) is 2. The van der Waals surface area contributed by atoms with Gasteiger partial charge in [-0.05, 0) is 40.8 Å². The first kappa shape index (κ1) is 28.9. The molecule has 1 unspecified atom stereocenters. The third kappa shape index (κ3) is 7.32. The molecule has 2 heterocycles. The van der Waals surface area contributed by atoms with Crippen molar-refractivity contribution in [2.75, 3.05) is 41.5 Å². The summed E-state index contributed by atoms with van der Waals surface area (Å²) in [5.74, 6) is 0. The van der Waals surface area contributed by atoms with Crippen molar-refractivity contribution in [1.82, 2.24) is 4.90 Å². The zero-order valence-electron chi connectivity index (χ0n) is 21.8. The molecule has 2 aliphatic rings. The van der Waals surface area contributed by atoms with Crippen molar-refractivity contribution in [3.05, 3.63) is 0 Å². The van der Waals surface area contributed by atoms with Crippen molar-refractivity contribution in [3.63, 3.8) is 0 Å². The molecule has 9 heteroatoms. The SMILES string of the molecule is CCCCOC1O[C@H](C)[C@@H](O[C@@H]2O[C@H](C)[C@@H](OC)[C@H](OCCCC)[C@H]2OC)[C@H](N(C)C)[C@H]1O. The summed E-state index contributed by atoms with van der Waals surface area (Å²) in [5, 5.41) is 11.1. The fraction of sp³-hybridized carbons (Fsp3) is 1.00. The van der Waals surface area contributed by atoms with Crippen molar-refractivity contribution in [1.29, 1.82) is 0 Å². The first-order chi connectivity index (χ1) is 15.8. The van der Waals surface area contributed by atoms with Gasteiger partial charge in [-0.2, -0.15) is 0 Å². The molecule has 1 N–H and O–H groups in total. The highest BCUT2D eigenvalue weighted by molar-refractivity contribution is 4.97. The van der Waals surface area contributed by atoms with Gasteiger partial charge < -0.3 is 43.2 Å². The molecule has 10 atom stereocenters. The number of hydrogen-bond donors (Lipinski definition) is 1. The molecule has 0 aliphatic carbocycles. The molecule has 0 saturated carbocycles. The molecule has 0 spiro atoms. The van der Waals surface area contributed by atoms with Gasteiger partial charge in [-0.25, -0.2) is 0 Å². The van der Waals surface area contributed by atoms with E-state index in [4.69, 9.17) is 33.2 Å². The van der Waals surface area contributed by atoms with Crippen LogP contribution in [-0.2, 0) is 33.2 Å². The Kier molecular flexibility index (Phi) is 12.5. The Morgan fingerprint density at radius 2 is 1.30 bits per heavy atom. The summed E-state index contributed by atoms with van der Waals surface area (Å²) in [6.45, 7) is 9.26. The van der Waals surface area contributed by atoms with E-state index in [1.807, 2.05) is 32.8 Å². The Bertz CT molecular complexity index is 539. The van der Waals surface area contributed by atoms with Gasteiger partial charge in [0.1, 0.15) is 30.5 Å². The van der Waals surface area contributed by atoms with Crippen molar-refractivity contribution in [3.8, 4) is 0 Å². The van der Waals surface area contributed by atoms with E-state index < -0.39 is 30.9 Å². The normalized spacial score (nSPS) is 39.8. The Morgan fingerprint density at radius 1 is 0.758 bits per heavy atom. The minimum atomic E-state index is -0.872. The zero-order chi connectivity index (χ0) is 24.5. The summed E-state index contributed by atoms with van der Waals surface area (Å²) in [6.07, 6.45) is -0.528. The van der Waals surface area contributed by atoms with Crippen LogP contribution in [0.15, 0.2) is 0 Å². The molecule has 0 radical (unpaired) electrons. The Balaban J connectivity index is 2.19. The molecule has 9 nitrogen and oxygen atoms in total. The van der Waals surface area contributed by atoms with Crippen LogP contribution in [0.25, 0.3) is 0 Å². The molecule has 2 rings (SSSR count). The summed E-state index contributed by atoms with van der Waals surface area (Å²) in [7, 11) is 7.12. The highest BCUT2D eigenvalue weighted by atomic mass is 16.7. The average Bonchev–Trinajstić information content (AvgIpc) is 2.77. The Morgan fingerprint density at radius 3 is 1.85 bits per heavy atom. The van der Waals surface area contributed by atoms with Crippen LogP contribution in [-0.4, -0.2) is 113 Å². The van der Waals surface area contributed by atoms with E-state index in [0.29, 0.717) is 13.2 Å². The van der Waals surface area contributed by atoms with Crippen molar-refractivity contribution < 1.29 is 38.3 Å². The highest BCUT2D eigenvalue weighted by Gasteiger charge is 2.51. The molecule has 0 aromatic rings. The minimum Gasteiger partial charge on any atom is -0.386 e. The lowest BCUT2D eigenvalue weighted by Crippen LogP contribution is -2.66. The van der Waals surface area contributed by atoms with Crippen LogP contribution in [0.4, 0.5) is 0 Å². The smallest absolute Gasteiger partial charge is 0.187 e. The van der Waals surface area contributed by atoms with E-state index in [2.05, 4.69) is 13.8 Å². The lowest BCUT2D eigenvalue weighted by atomic mass is 9.94. The third-order valence-corrected chi connectivity index (χ3v) is 6.52.